The molecule has 0 aliphatic heterocycles. The average Bonchev–Trinajstić information content (AvgIpc) is 2.90. The van der Waals surface area contributed by atoms with Crippen molar-refractivity contribution in [3.05, 3.63) is 50.9 Å². The van der Waals surface area contributed by atoms with Gasteiger partial charge in [-0.3, -0.25) is 20.6 Å². The monoisotopic (exact) mass is 355 g/mol. The third kappa shape index (κ3) is 2.79. The summed E-state index contributed by atoms with van der Waals surface area (Å²) in [5.41, 5.74) is 12.0. The molecule has 10 heteroatoms. The lowest BCUT2D eigenvalue weighted by atomic mass is 10.2. The van der Waals surface area contributed by atoms with E-state index < -0.39 is 10.8 Å². The van der Waals surface area contributed by atoms with Gasteiger partial charge in [-0.15, -0.1) is 0 Å². The second-order valence-corrected chi connectivity index (χ2v) is 6.05. The summed E-state index contributed by atoms with van der Waals surface area (Å²) in [7, 11) is 0. The minimum absolute atomic E-state index is 0.0653. The molecule has 9 nitrogen and oxygen atoms in total. The number of para-hydroxylation sites is 2. The van der Waals surface area contributed by atoms with Crippen LogP contribution in [0.15, 0.2) is 30.3 Å². The number of thiophene rings is 1. The summed E-state index contributed by atoms with van der Waals surface area (Å²) in [5, 5.41) is 23.1. The summed E-state index contributed by atoms with van der Waals surface area (Å²) in [5.74, 6) is -0.416. The minimum atomic E-state index is -0.586. The van der Waals surface area contributed by atoms with E-state index in [9.17, 15) is 14.9 Å². The number of nitro benzene ring substituents is 1. The number of nitro groups is 1. The van der Waals surface area contributed by atoms with E-state index in [-0.39, 0.29) is 33.3 Å². The maximum absolute atomic E-state index is 12.5. The molecule has 1 amide bonds. The number of nitrogen functional groups attached to an aromatic ring is 2. The van der Waals surface area contributed by atoms with Crippen LogP contribution in [0.3, 0.4) is 0 Å². The third-order valence-electron chi connectivity index (χ3n) is 3.49. The highest BCUT2D eigenvalue weighted by Gasteiger charge is 2.23. The van der Waals surface area contributed by atoms with Gasteiger partial charge in [0.15, 0.2) is 4.83 Å². The molecule has 2 heterocycles. The van der Waals surface area contributed by atoms with E-state index in [1.54, 1.807) is 6.07 Å². The second-order valence-electron chi connectivity index (χ2n) is 5.02. The molecule has 3 aromatic rings. The number of nitrogens with one attached hydrogen (secondary N) is 2. The van der Waals surface area contributed by atoms with Crippen LogP contribution in [0.1, 0.15) is 15.2 Å². The summed E-state index contributed by atoms with van der Waals surface area (Å²) in [6.45, 7) is 0. The summed E-state index contributed by atoms with van der Waals surface area (Å²) < 4.78 is 0. The van der Waals surface area contributed by atoms with Gasteiger partial charge in [0.1, 0.15) is 22.2 Å². The predicted octanol–water partition coefficient (Wildman–Crippen LogP) is 1.91. The van der Waals surface area contributed by atoms with Gasteiger partial charge in [-0.05, 0) is 12.1 Å². The van der Waals surface area contributed by atoms with E-state index in [0.29, 0.717) is 10.2 Å². The fourth-order valence-corrected chi connectivity index (χ4v) is 3.29. The van der Waals surface area contributed by atoms with Crippen LogP contribution in [0.2, 0.25) is 0 Å². The number of nitrogens with zero attached hydrogens (tertiary/aromatic N) is 2. The SMILES string of the molecule is N#Cc1cc2c(N)c(C(=O)Nc3ccccc3[N+](=O)[O-])sc2[nH+]c1N. The number of rotatable bonds is 3. The Morgan fingerprint density at radius 3 is 2.76 bits per heavy atom. The molecule has 0 atom stereocenters. The van der Waals surface area contributed by atoms with E-state index in [0.717, 1.165) is 11.3 Å². The number of aromatic nitrogens is 1. The molecular weight excluding hydrogens is 344 g/mol. The Balaban J connectivity index is 2.03. The quantitative estimate of drug-likeness (QED) is 0.480. The molecule has 25 heavy (non-hydrogen) atoms. The molecule has 124 valence electrons. The van der Waals surface area contributed by atoms with E-state index in [4.69, 9.17) is 16.7 Å². The highest BCUT2D eigenvalue weighted by atomic mass is 32.1. The Hall–Kier alpha value is -3.71. The number of anilines is 3. The standard InChI is InChI=1S/C15H10N6O3S/c16-6-7-5-8-11(17)12(25-15(8)20-13(7)18)14(22)19-9-3-1-2-4-10(9)21(23)24/h1-5H,17H2,(H2,18,20)(H,19,22)/p+1. The van der Waals surface area contributed by atoms with Crippen molar-refractivity contribution in [2.75, 3.05) is 16.8 Å². The summed E-state index contributed by atoms with van der Waals surface area (Å²) in [6.07, 6.45) is 0. The van der Waals surface area contributed by atoms with Crippen molar-refractivity contribution in [2.45, 2.75) is 0 Å². The number of hydrogen-bond acceptors (Lipinski definition) is 7. The number of carbonyl (C=O) groups excluding carboxylic acids is 1. The molecule has 3 rings (SSSR count). The number of hydrogen-bond donors (Lipinski definition) is 3. The lowest BCUT2D eigenvalue weighted by Gasteiger charge is -2.04. The summed E-state index contributed by atoms with van der Waals surface area (Å²) >= 11 is 1.05. The average molecular weight is 355 g/mol. The molecular formula is C15H11N6O3S+. The van der Waals surface area contributed by atoms with Crippen molar-refractivity contribution in [1.29, 1.82) is 5.26 Å². The molecule has 1 aromatic carbocycles. The van der Waals surface area contributed by atoms with Crippen LogP contribution in [-0.4, -0.2) is 10.8 Å². The Kier molecular flexibility index (Phi) is 3.92. The topological polar surface area (TPSA) is 162 Å². The van der Waals surface area contributed by atoms with Crippen molar-refractivity contribution in [2.24, 2.45) is 0 Å². The van der Waals surface area contributed by atoms with Crippen LogP contribution in [0.25, 0.3) is 10.2 Å². The molecule has 0 unspecified atom stereocenters. The first-order chi connectivity index (χ1) is 11.9. The fraction of sp³-hybridized carbons (Fsp3) is 0. The van der Waals surface area contributed by atoms with Crippen LogP contribution in [-0.2, 0) is 0 Å². The van der Waals surface area contributed by atoms with Crippen LogP contribution in [0.5, 0.6) is 0 Å². The minimum Gasteiger partial charge on any atom is -0.397 e. The normalized spacial score (nSPS) is 10.4. The van der Waals surface area contributed by atoms with Crippen LogP contribution < -0.4 is 21.8 Å². The largest absolute Gasteiger partial charge is 0.397 e. The Morgan fingerprint density at radius 1 is 1.36 bits per heavy atom. The van der Waals surface area contributed by atoms with Gasteiger partial charge in [0, 0.05) is 6.07 Å². The molecule has 6 N–H and O–H groups in total. The maximum Gasteiger partial charge on any atom is 0.292 e. The number of H-pyrrole nitrogens is 1. The summed E-state index contributed by atoms with van der Waals surface area (Å²) in [4.78, 5) is 26.5. The number of aromatic amines is 1. The Labute approximate surface area is 144 Å². The van der Waals surface area contributed by atoms with Crippen molar-refractivity contribution in [1.82, 2.24) is 0 Å². The number of carbonyl (C=O) groups is 1. The fourth-order valence-electron chi connectivity index (χ4n) is 2.28. The third-order valence-corrected chi connectivity index (χ3v) is 4.62. The zero-order valence-corrected chi connectivity index (χ0v) is 13.4. The Morgan fingerprint density at radius 2 is 2.08 bits per heavy atom. The number of pyridine rings is 1. The molecule has 0 bridgehead atoms. The highest BCUT2D eigenvalue weighted by molar-refractivity contribution is 7.20. The molecule has 0 spiro atoms. The lowest BCUT2D eigenvalue weighted by molar-refractivity contribution is -0.383. The zero-order valence-electron chi connectivity index (χ0n) is 12.6. The molecule has 0 aliphatic rings. The van der Waals surface area contributed by atoms with Gasteiger partial charge in [-0.2, -0.15) is 5.26 Å². The summed E-state index contributed by atoms with van der Waals surface area (Å²) in [6, 6.07) is 9.22. The van der Waals surface area contributed by atoms with E-state index in [2.05, 4.69) is 10.3 Å². The Bertz CT molecular complexity index is 1070. The van der Waals surface area contributed by atoms with Crippen molar-refractivity contribution in [3.8, 4) is 6.07 Å². The first kappa shape index (κ1) is 16.2. The van der Waals surface area contributed by atoms with E-state index in [1.807, 2.05) is 6.07 Å². The molecule has 0 saturated carbocycles. The van der Waals surface area contributed by atoms with E-state index in [1.165, 1.54) is 24.3 Å². The van der Waals surface area contributed by atoms with E-state index >= 15 is 0 Å². The van der Waals surface area contributed by atoms with Crippen LogP contribution in [0.4, 0.5) is 22.9 Å². The molecule has 0 saturated heterocycles. The number of fused-ring (bicyclic) bond motifs is 1. The van der Waals surface area contributed by atoms with Crippen molar-refractivity contribution >= 4 is 50.3 Å². The second kappa shape index (κ2) is 6.06. The van der Waals surface area contributed by atoms with Crippen molar-refractivity contribution in [3.63, 3.8) is 0 Å². The van der Waals surface area contributed by atoms with Gasteiger partial charge < -0.3 is 11.1 Å². The van der Waals surface area contributed by atoms with Crippen LogP contribution >= 0.6 is 11.3 Å². The maximum atomic E-state index is 12.5. The molecule has 0 aliphatic carbocycles. The first-order valence-electron chi connectivity index (χ1n) is 6.91. The number of nitrogens with two attached hydrogens (primary N) is 2. The predicted molar refractivity (Wildman–Crippen MR) is 93.0 cm³/mol. The van der Waals surface area contributed by atoms with Crippen molar-refractivity contribution < 1.29 is 14.7 Å². The van der Waals surface area contributed by atoms with Gasteiger partial charge in [-0.25, -0.2) is 4.98 Å². The lowest BCUT2D eigenvalue weighted by Crippen LogP contribution is -2.13. The number of amides is 1. The number of benzene rings is 1. The van der Waals surface area contributed by atoms with Gasteiger partial charge in [0.05, 0.1) is 16.0 Å². The highest BCUT2D eigenvalue weighted by Crippen LogP contribution is 2.33. The van der Waals surface area contributed by atoms with Crippen LogP contribution in [0, 0.1) is 21.4 Å². The smallest absolute Gasteiger partial charge is 0.292 e. The van der Waals surface area contributed by atoms with Gasteiger partial charge in [0.25, 0.3) is 17.4 Å². The van der Waals surface area contributed by atoms with Gasteiger partial charge in [-0.1, -0.05) is 23.5 Å². The first-order valence-corrected chi connectivity index (χ1v) is 7.72. The van der Waals surface area contributed by atoms with Gasteiger partial charge >= 0.3 is 0 Å². The molecule has 0 radical (unpaired) electrons. The molecule has 0 fully saturated rings. The number of nitriles is 1. The van der Waals surface area contributed by atoms with Gasteiger partial charge in [0.2, 0.25) is 0 Å². The molecule has 2 aromatic heterocycles. The zero-order chi connectivity index (χ0) is 18.1.